The molecule has 0 aliphatic carbocycles. The lowest BCUT2D eigenvalue weighted by Crippen LogP contribution is -2.56. The van der Waals surface area contributed by atoms with Gasteiger partial charge in [-0.1, -0.05) is 11.6 Å². The molecule has 0 saturated carbocycles. The van der Waals surface area contributed by atoms with Crippen LogP contribution >= 0.6 is 22.9 Å². The summed E-state index contributed by atoms with van der Waals surface area (Å²) >= 11 is 7.27. The van der Waals surface area contributed by atoms with Crippen LogP contribution in [0.4, 0.5) is 20.2 Å². The number of sulfone groups is 1. The van der Waals surface area contributed by atoms with Gasteiger partial charge in [-0.25, -0.2) is 17.2 Å². The van der Waals surface area contributed by atoms with Crippen LogP contribution in [0, 0.1) is 6.92 Å². The molecule has 1 fully saturated rings. The number of pyridine rings is 1. The van der Waals surface area contributed by atoms with Gasteiger partial charge in [0.25, 0.3) is 11.8 Å². The average molecular weight is 556 g/mol. The topological polar surface area (TPSA) is 88.6 Å². The molecule has 1 aliphatic rings. The van der Waals surface area contributed by atoms with Gasteiger partial charge in [0.15, 0.2) is 9.84 Å². The van der Waals surface area contributed by atoms with Crippen molar-refractivity contribution in [1.82, 2.24) is 4.98 Å². The maximum atomic E-state index is 13.4. The molecular weight excluding hydrogens is 532 g/mol. The van der Waals surface area contributed by atoms with Crippen LogP contribution in [0.15, 0.2) is 41.4 Å². The molecule has 192 valence electrons. The van der Waals surface area contributed by atoms with Crippen LogP contribution in [0.3, 0.4) is 0 Å². The Labute approximate surface area is 217 Å². The van der Waals surface area contributed by atoms with E-state index < -0.39 is 21.7 Å². The Kier molecular flexibility index (Phi) is 7.02. The Hall–Kier alpha value is -2.76. The summed E-state index contributed by atoms with van der Waals surface area (Å²) in [4.78, 5) is 20.2. The summed E-state index contributed by atoms with van der Waals surface area (Å²) in [5.41, 5.74) is 1.95. The lowest BCUT2D eigenvalue weighted by atomic mass is 10.1. The van der Waals surface area contributed by atoms with Crippen molar-refractivity contribution in [2.24, 2.45) is 0 Å². The zero-order valence-corrected chi connectivity index (χ0v) is 22.3. The standard InChI is InChI=1S/C24H24ClF2N3O4S2/c1-13(2)34-20-8-17(30-11-24(26,27)12-30)10-28-22(20)19-9-21(35-14(19)3)23(31)29-16-5-15(25)6-18(7-16)36(4,32)33/h5-10,13H,11-12H2,1-4H3,(H,29,31). The van der Waals surface area contributed by atoms with Crippen molar-refractivity contribution in [3.8, 4) is 17.0 Å². The predicted octanol–water partition coefficient (Wildman–Crippen LogP) is 5.67. The number of aryl methyl sites for hydroxylation is 1. The van der Waals surface area contributed by atoms with Crippen molar-refractivity contribution in [3.63, 3.8) is 0 Å². The summed E-state index contributed by atoms with van der Waals surface area (Å²) in [6, 6.07) is 7.47. The molecule has 2 aromatic heterocycles. The Bertz CT molecular complexity index is 1430. The lowest BCUT2D eigenvalue weighted by Gasteiger charge is -2.40. The van der Waals surface area contributed by atoms with Gasteiger partial charge in [0.05, 0.1) is 40.9 Å². The first-order chi connectivity index (χ1) is 16.7. The molecule has 0 unspecified atom stereocenters. The zero-order chi connectivity index (χ0) is 26.4. The third-order valence-corrected chi connectivity index (χ3v) is 7.72. The van der Waals surface area contributed by atoms with E-state index >= 15 is 0 Å². The lowest BCUT2D eigenvalue weighted by molar-refractivity contribution is -0.0263. The number of anilines is 2. The number of halogens is 3. The van der Waals surface area contributed by atoms with Crippen LogP contribution in [-0.4, -0.2) is 50.7 Å². The quantitative estimate of drug-likeness (QED) is 0.404. The molecule has 1 amide bonds. The van der Waals surface area contributed by atoms with Crippen LogP contribution in [-0.2, 0) is 9.84 Å². The van der Waals surface area contributed by atoms with Crippen LogP contribution in [0.5, 0.6) is 5.75 Å². The largest absolute Gasteiger partial charge is 0.489 e. The van der Waals surface area contributed by atoms with E-state index in [-0.39, 0.29) is 34.8 Å². The fraction of sp³-hybridized carbons (Fsp3) is 0.333. The second kappa shape index (κ2) is 9.60. The minimum Gasteiger partial charge on any atom is -0.489 e. The summed E-state index contributed by atoms with van der Waals surface area (Å²) in [7, 11) is -3.52. The van der Waals surface area contributed by atoms with Gasteiger partial charge in [-0.15, -0.1) is 11.3 Å². The number of nitrogens with one attached hydrogen (secondary N) is 1. The molecule has 4 rings (SSSR count). The molecule has 12 heteroatoms. The minimum absolute atomic E-state index is 0.00641. The van der Waals surface area contributed by atoms with Crippen LogP contribution in [0.25, 0.3) is 11.3 Å². The van der Waals surface area contributed by atoms with E-state index in [1.54, 1.807) is 12.1 Å². The molecule has 3 heterocycles. The molecule has 0 bridgehead atoms. The second-order valence-corrected chi connectivity index (χ2v) is 12.6. The van der Waals surface area contributed by atoms with Crippen LogP contribution < -0.4 is 15.0 Å². The highest BCUT2D eigenvalue weighted by atomic mass is 35.5. The van der Waals surface area contributed by atoms with Gasteiger partial charge in [-0.2, -0.15) is 0 Å². The number of benzene rings is 1. The van der Waals surface area contributed by atoms with E-state index in [0.29, 0.717) is 27.6 Å². The monoisotopic (exact) mass is 555 g/mol. The second-order valence-electron chi connectivity index (χ2n) is 8.90. The van der Waals surface area contributed by atoms with E-state index in [0.717, 1.165) is 11.1 Å². The van der Waals surface area contributed by atoms with Gasteiger partial charge in [0.2, 0.25) is 0 Å². The first kappa shape index (κ1) is 26.3. The number of amides is 1. The summed E-state index contributed by atoms with van der Waals surface area (Å²) in [5, 5.41) is 2.87. The van der Waals surface area contributed by atoms with Crippen molar-refractivity contribution < 1.29 is 26.7 Å². The van der Waals surface area contributed by atoms with E-state index in [4.69, 9.17) is 16.3 Å². The van der Waals surface area contributed by atoms with Crippen molar-refractivity contribution in [2.45, 2.75) is 37.7 Å². The molecule has 1 aromatic carbocycles. The van der Waals surface area contributed by atoms with Crippen molar-refractivity contribution in [1.29, 1.82) is 0 Å². The number of nitrogens with zero attached hydrogens (tertiary/aromatic N) is 2. The van der Waals surface area contributed by atoms with Gasteiger partial charge in [-0.3, -0.25) is 9.78 Å². The Morgan fingerprint density at radius 1 is 1.22 bits per heavy atom. The summed E-state index contributed by atoms with van der Waals surface area (Å²) in [6.07, 6.45) is 2.39. The van der Waals surface area contributed by atoms with E-state index in [2.05, 4.69) is 10.3 Å². The van der Waals surface area contributed by atoms with Crippen molar-refractivity contribution >= 4 is 50.1 Å². The number of ether oxygens (including phenoxy) is 1. The molecule has 3 aromatic rings. The average Bonchev–Trinajstić information content (AvgIpc) is 3.12. The van der Waals surface area contributed by atoms with E-state index in [1.807, 2.05) is 20.8 Å². The molecule has 36 heavy (non-hydrogen) atoms. The van der Waals surface area contributed by atoms with Crippen molar-refractivity contribution in [2.75, 3.05) is 29.6 Å². The number of carbonyl (C=O) groups is 1. The molecular formula is C24H24ClF2N3O4S2. The normalized spacial score (nSPS) is 15.1. The van der Waals surface area contributed by atoms with Gasteiger partial charge in [-0.05, 0) is 45.0 Å². The first-order valence-electron chi connectivity index (χ1n) is 10.9. The van der Waals surface area contributed by atoms with Gasteiger partial charge >= 0.3 is 0 Å². The molecule has 0 spiro atoms. The predicted molar refractivity (Wildman–Crippen MR) is 138 cm³/mol. The number of carbonyl (C=O) groups excluding carboxylic acids is 1. The van der Waals surface area contributed by atoms with E-state index in [1.165, 1.54) is 40.6 Å². The van der Waals surface area contributed by atoms with E-state index in [9.17, 15) is 22.0 Å². The molecule has 1 saturated heterocycles. The molecule has 0 atom stereocenters. The van der Waals surface area contributed by atoms with Gasteiger partial charge in [0, 0.05) is 33.5 Å². The highest BCUT2D eigenvalue weighted by Crippen LogP contribution is 2.40. The number of hydrogen-bond donors (Lipinski definition) is 1. The maximum absolute atomic E-state index is 13.4. The molecule has 7 nitrogen and oxygen atoms in total. The Morgan fingerprint density at radius 2 is 1.92 bits per heavy atom. The fourth-order valence-corrected chi connectivity index (χ4v) is 5.62. The number of thiophene rings is 1. The van der Waals surface area contributed by atoms with Crippen molar-refractivity contribution in [3.05, 3.63) is 51.3 Å². The number of hydrogen-bond acceptors (Lipinski definition) is 7. The Balaban J connectivity index is 1.63. The molecule has 1 N–H and O–H groups in total. The van der Waals surface area contributed by atoms with Crippen LogP contribution in [0.1, 0.15) is 28.4 Å². The zero-order valence-electron chi connectivity index (χ0n) is 19.9. The summed E-state index contributed by atoms with van der Waals surface area (Å²) in [5.74, 6) is -2.73. The number of rotatable bonds is 7. The first-order valence-corrected chi connectivity index (χ1v) is 14.0. The van der Waals surface area contributed by atoms with Crippen LogP contribution in [0.2, 0.25) is 5.02 Å². The van der Waals surface area contributed by atoms with Gasteiger partial charge in [0.1, 0.15) is 11.4 Å². The number of alkyl halides is 2. The minimum atomic E-state index is -3.52. The number of aromatic nitrogens is 1. The smallest absolute Gasteiger partial charge is 0.282 e. The molecule has 1 aliphatic heterocycles. The van der Waals surface area contributed by atoms with Gasteiger partial charge < -0.3 is 15.0 Å². The highest BCUT2D eigenvalue weighted by Gasteiger charge is 2.44. The molecule has 0 radical (unpaired) electrons. The maximum Gasteiger partial charge on any atom is 0.282 e. The SMILES string of the molecule is Cc1sc(C(=O)Nc2cc(Cl)cc(S(C)(=O)=O)c2)cc1-c1ncc(N2CC(F)(F)C2)cc1OC(C)C. The summed E-state index contributed by atoms with van der Waals surface area (Å²) in [6.45, 7) is 4.79. The summed E-state index contributed by atoms with van der Waals surface area (Å²) < 4.78 is 56.4. The third-order valence-electron chi connectivity index (χ3n) is 5.36. The third kappa shape index (κ3) is 5.79. The fourth-order valence-electron chi connectivity index (χ4n) is 3.72. The Morgan fingerprint density at radius 3 is 2.53 bits per heavy atom. The highest BCUT2D eigenvalue weighted by molar-refractivity contribution is 7.90.